The highest BCUT2D eigenvalue weighted by atomic mass is 19.1. The van der Waals surface area contributed by atoms with Gasteiger partial charge in [0.1, 0.15) is 0 Å². The Morgan fingerprint density at radius 1 is 1.55 bits per heavy atom. The van der Waals surface area contributed by atoms with Gasteiger partial charge >= 0.3 is 0 Å². The summed E-state index contributed by atoms with van der Waals surface area (Å²) < 4.78 is 17.4. The van der Waals surface area contributed by atoms with Crippen molar-refractivity contribution in [2.75, 3.05) is 7.11 Å². The molecular weight excluding hydrogens is 147 g/mol. The number of aromatic hydroxyl groups is 1. The van der Waals surface area contributed by atoms with E-state index in [1.165, 1.54) is 19.2 Å². The van der Waals surface area contributed by atoms with E-state index in [1.54, 1.807) is 6.07 Å². The van der Waals surface area contributed by atoms with E-state index in [0.717, 1.165) is 0 Å². The molecule has 0 radical (unpaired) electrons. The number of ether oxygens (including phenoxy) is 1. The lowest BCUT2D eigenvalue weighted by atomic mass is 10.2. The topological polar surface area (TPSA) is 29.5 Å². The first kappa shape index (κ1) is 8.01. The SMILES string of the molecule is COCc1ccc(O)c(F)c1. The first-order valence-electron chi connectivity index (χ1n) is 3.20. The van der Waals surface area contributed by atoms with Crippen LogP contribution in [0.15, 0.2) is 18.2 Å². The molecule has 0 fully saturated rings. The zero-order valence-corrected chi connectivity index (χ0v) is 6.17. The minimum Gasteiger partial charge on any atom is -0.505 e. The van der Waals surface area contributed by atoms with E-state index < -0.39 is 5.82 Å². The lowest BCUT2D eigenvalue weighted by Crippen LogP contribution is -1.88. The van der Waals surface area contributed by atoms with Crippen LogP contribution < -0.4 is 0 Å². The third-order valence-corrected chi connectivity index (χ3v) is 1.32. The number of methoxy groups -OCH3 is 1. The molecule has 0 aliphatic rings. The van der Waals surface area contributed by atoms with E-state index in [9.17, 15) is 4.39 Å². The number of hydrogen-bond acceptors (Lipinski definition) is 2. The number of phenolic OH excluding ortho intramolecular Hbond substituents is 1. The Labute approximate surface area is 64.2 Å². The fraction of sp³-hybridized carbons (Fsp3) is 0.250. The van der Waals surface area contributed by atoms with Gasteiger partial charge in [0.25, 0.3) is 0 Å². The predicted octanol–water partition coefficient (Wildman–Crippen LogP) is 1.68. The lowest BCUT2D eigenvalue weighted by molar-refractivity contribution is 0.184. The van der Waals surface area contributed by atoms with Crippen LogP contribution >= 0.6 is 0 Å². The average molecular weight is 156 g/mol. The molecule has 0 heterocycles. The van der Waals surface area contributed by atoms with Gasteiger partial charge in [0.15, 0.2) is 11.6 Å². The molecule has 11 heavy (non-hydrogen) atoms. The summed E-state index contributed by atoms with van der Waals surface area (Å²) in [5.41, 5.74) is 0.711. The van der Waals surface area contributed by atoms with Crippen molar-refractivity contribution in [2.45, 2.75) is 6.61 Å². The van der Waals surface area contributed by atoms with Gasteiger partial charge in [0.05, 0.1) is 6.61 Å². The second-order valence-electron chi connectivity index (χ2n) is 2.22. The first-order valence-corrected chi connectivity index (χ1v) is 3.20. The lowest BCUT2D eigenvalue weighted by Gasteiger charge is -1.99. The normalized spacial score (nSPS) is 10.0. The van der Waals surface area contributed by atoms with Crippen LogP contribution in [0.4, 0.5) is 4.39 Å². The van der Waals surface area contributed by atoms with E-state index in [1.807, 2.05) is 0 Å². The Morgan fingerprint density at radius 2 is 2.27 bits per heavy atom. The molecule has 0 spiro atoms. The van der Waals surface area contributed by atoms with E-state index in [-0.39, 0.29) is 5.75 Å². The smallest absolute Gasteiger partial charge is 0.165 e. The van der Waals surface area contributed by atoms with Crippen LogP contribution in [0.3, 0.4) is 0 Å². The maximum absolute atomic E-state index is 12.6. The highest BCUT2D eigenvalue weighted by molar-refractivity contribution is 5.27. The van der Waals surface area contributed by atoms with Crippen molar-refractivity contribution in [3.05, 3.63) is 29.6 Å². The van der Waals surface area contributed by atoms with Gasteiger partial charge < -0.3 is 9.84 Å². The molecule has 0 bridgehead atoms. The Balaban J connectivity index is 2.86. The van der Waals surface area contributed by atoms with Crippen LogP contribution in [0.1, 0.15) is 5.56 Å². The largest absolute Gasteiger partial charge is 0.505 e. The molecular formula is C8H9FO2. The van der Waals surface area contributed by atoms with Crippen molar-refractivity contribution in [1.82, 2.24) is 0 Å². The summed E-state index contributed by atoms with van der Waals surface area (Å²) in [5, 5.41) is 8.80. The van der Waals surface area contributed by atoms with Crippen molar-refractivity contribution in [3.63, 3.8) is 0 Å². The zero-order chi connectivity index (χ0) is 8.27. The minimum atomic E-state index is -0.612. The summed E-state index contributed by atoms with van der Waals surface area (Å²) in [6.07, 6.45) is 0. The van der Waals surface area contributed by atoms with Crippen molar-refractivity contribution >= 4 is 0 Å². The highest BCUT2D eigenvalue weighted by Crippen LogP contribution is 2.16. The Morgan fingerprint density at radius 3 is 2.82 bits per heavy atom. The maximum Gasteiger partial charge on any atom is 0.165 e. The van der Waals surface area contributed by atoms with Gasteiger partial charge in [0.2, 0.25) is 0 Å². The van der Waals surface area contributed by atoms with Crippen LogP contribution in [-0.2, 0) is 11.3 Å². The van der Waals surface area contributed by atoms with Gasteiger partial charge in [0, 0.05) is 7.11 Å². The second kappa shape index (κ2) is 3.34. The fourth-order valence-electron chi connectivity index (χ4n) is 0.807. The van der Waals surface area contributed by atoms with Gasteiger partial charge in [-0.2, -0.15) is 0 Å². The third kappa shape index (κ3) is 1.91. The van der Waals surface area contributed by atoms with E-state index in [0.29, 0.717) is 12.2 Å². The summed E-state index contributed by atoms with van der Waals surface area (Å²) in [4.78, 5) is 0. The molecule has 2 nitrogen and oxygen atoms in total. The van der Waals surface area contributed by atoms with E-state index in [2.05, 4.69) is 0 Å². The van der Waals surface area contributed by atoms with Gasteiger partial charge in [-0.15, -0.1) is 0 Å². The first-order chi connectivity index (χ1) is 5.24. The van der Waals surface area contributed by atoms with Crippen LogP contribution in [0, 0.1) is 5.82 Å². The Kier molecular flexibility index (Phi) is 2.44. The molecule has 0 saturated heterocycles. The molecule has 1 N–H and O–H groups in total. The zero-order valence-electron chi connectivity index (χ0n) is 6.17. The molecule has 0 aliphatic carbocycles. The molecule has 0 aromatic heterocycles. The molecule has 0 atom stereocenters. The average Bonchev–Trinajstić information content (AvgIpc) is 1.98. The third-order valence-electron chi connectivity index (χ3n) is 1.32. The van der Waals surface area contributed by atoms with E-state index >= 15 is 0 Å². The summed E-state index contributed by atoms with van der Waals surface area (Å²) in [6, 6.07) is 4.17. The van der Waals surface area contributed by atoms with Crippen LogP contribution in [0.5, 0.6) is 5.75 Å². The Bertz CT molecular complexity index is 248. The second-order valence-corrected chi connectivity index (χ2v) is 2.22. The number of rotatable bonds is 2. The Hall–Kier alpha value is -1.09. The summed E-state index contributed by atoms with van der Waals surface area (Å²) in [6.45, 7) is 0.358. The molecule has 0 aliphatic heterocycles. The fourth-order valence-corrected chi connectivity index (χ4v) is 0.807. The quantitative estimate of drug-likeness (QED) is 0.705. The molecule has 0 saturated carbocycles. The van der Waals surface area contributed by atoms with Crippen LogP contribution in [0.25, 0.3) is 0 Å². The molecule has 60 valence electrons. The molecule has 1 aromatic carbocycles. The molecule has 0 amide bonds. The van der Waals surface area contributed by atoms with Crippen LogP contribution in [-0.4, -0.2) is 12.2 Å². The molecule has 3 heteroatoms. The standard InChI is InChI=1S/C8H9FO2/c1-11-5-6-2-3-8(10)7(9)4-6/h2-4,10H,5H2,1H3. The molecule has 1 rings (SSSR count). The number of hydrogen-bond donors (Lipinski definition) is 1. The van der Waals surface area contributed by atoms with Gasteiger partial charge in [-0.1, -0.05) is 6.07 Å². The van der Waals surface area contributed by atoms with Gasteiger partial charge in [-0.25, -0.2) is 4.39 Å². The van der Waals surface area contributed by atoms with Gasteiger partial charge in [-0.3, -0.25) is 0 Å². The van der Waals surface area contributed by atoms with Crippen molar-refractivity contribution in [2.24, 2.45) is 0 Å². The van der Waals surface area contributed by atoms with Crippen LogP contribution in [0.2, 0.25) is 0 Å². The minimum absolute atomic E-state index is 0.329. The summed E-state index contributed by atoms with van der Waals surface area (Å²) in [5.74, 6) is -0.940. The predicted molar refractivity (Wildman–Crippen MR) is 38.8 cm³/mol. The van der Waals surface area contributed by atoms with E-state index in [4.69, 9.17) is 9.84 Å². The highest BCUT2D eigenvalue weighted by Gasteiger charge is 1.99. The number of benzene rings is 1. The van der Waals surface area contributed by atoms with Crippen molar-refractivity contribution in [3.8, 4) is 5.75 Å². The number of phenols is 1. The molecule has 1 aromatic rings. The van der Waals surface area contributed by atoms with Gasteiger partial charge in [-0.05, 0) is 17.7 Å². The van der Waals surface area contributed by atoms with Crippen molar-refractivity contribution < 1.29 is 14.2 Å². The summed E-state index contributed by atoms with van der Waals surface area (Å²) in [7, 11) is 1.53. The maximum atomic E-state index is 12.6. The monoisotopic (exact) mass is 156 g/mol. The van der Waals surface area contributed by atoms with Crippen molar-refractivity contribution in [1.29, 1.82) is 0 Å². The molecule has 0 unspecified atom stereocenters. The summed E-state index contributed by atoms with van der Waals surface area (Å²) >= 11 is 0. The number of halogens is 1.